The molecule has 3 N–H and O–H groups in total. The van der Waals surface area contributed by atoms with Crippen LogP contribution in [0.25, 0.3) is 0 Å². The lowest BCUT2D eigenvalue weighted by atomic mass is 9.99. The maximum Gasteiger partial charge on any atom is 0.220 e. The van der Waals surface area contributed by atoms with Gasteiger partial charge in [0.25, 0.3) is 0 Å². The zero-order chi connectivity index (χ0) is 11.6. The van der Waals surface area contributed by atoms with Crippen molar-refractivity contribution in [2.45, 2.75) is 19.4 Å². The van der Waals surface area contributed by atoms with Crippen molar-refractivity contribution in [3.05, 3.63) is 0 Å². The van der Waals surface area contributed by atoms with E-state index in [4.69, 9.17) is 5.73 Å². The van der Waals surface area contributed by atoms with Crippen molar-refractivity contribution < 1.29 is 13.5 Å². The normalized spacial score (nSPS) is 28.9. The molecule has 1 rings (SSSR count). The molecule has 0 aromatic carbocycles. The van der Waals surface area contributed by atoms with Gasteiger partial charge in [0.1, 0.15) is 5.75 Å². The fourth-order valence-electron chi connectivity index (χ4n) is 1.62. The maximum atomic E-state index is 11.7. The van der Waals surface area contributed by atoms with E-state index in [1.165, 1.54) is 4.31 Å². The molecule has 1 fully saturated rings. The van der Waals surface area contributed by atoms with E-state index in [1.807, 2.05) is 6.92 Å². The lowest BCUT2D eigenvalue weighted by molar-refractivity contribution is 0.0630. The van der Waals surface area contributed by atoms with E-state index in [0.29, 0.717) is 19.5 Å². The summed E-state index contributed by atoms with van der Waals surface area (Å²) in [5, 5.41) is 9.47. The van der Waals surface area contributed by atoms with Crippen molar-refractivity contribution >= 4 is 27.2 Å². The molecule has 5 nitrogen and oxygen atoms in total. The molecule has 1 heterocycles. The molecule has 15 heavy (non-hydrogen) atoms. The number of nitrogens with two attached hydrogens (primary N) is 1. The highest BCUT2D eigenvalue weighted by Crippen LogP contribution is 2.19. The van der Waals surface area contributed by atoms with E-state index in [0.717, 1.165) is 0 Å². The summed E-state index contributed by atoms with van der Waals surface area (Å²) < 4.78 is 24.8. The lowest BCUT2D eigenvalue weighted by Crippen LogP contribution is -2.47. The van der Waals surface area contributed by atoms with Gasteiger partial charge in [-0.25, -0.2) is 12.7 Å². The van der Waals surface area contributed by atoms with Gasteiger partial charge in [-0.2, -0.15) is 0 Å². The molecule has 0 saturated carbocycles. The minimum absolute atomic E-state index is 0.0197. The van der Waals surface area contributed by atoms with Gasteiger partial charge < -0.3 is 10.8 Å². The van der Waals surface area contributed by atoms with Crippen molar-refractivity contribution in [2.24, 2.45) is 11.7 Å². The summed E-state index contributed by atoms with van der Waals surface area (Å²) in [6.45, 7) is 2.51. The Bertz CT molecular complexity index is 342. The molecule has 0 radical (unpaired) electrons. The highest BCUT2D eigenvalue weighted by Gasteiger charge is 2.31. The zero-order valence-corrected chi connectivity index (χ0v) is 10.2. The molecule has 0 aromatic rings. The van der Waals surface area contributed by atoms with E-state index in [9.17, 15) is 13.5 Å². The van der Waals surface area contributed by atoms with Crippen LogP contribution < -0.4 is 5.73 Å². The van der Waals surface area contributed by atoms with Gasteiger partial charge in [-0.3, -0.25) is 0 Å². The maximum absolute atomic E-state index is 11.7. The largest absolute Gasteiger partial charge is 0.393 e. The fourth-order valence-corrected chi connectivity index (χ4v) is 3.45. The minimum atomic E-state index is -3.38. The Hall–Kier alpha value is -0.240. The van der Waals surface area contributed by atoms with Crippen LogP contribution in [-0.2, 0) is 10.0 Å². The van der Waals surface area contributed by atoms with Crippen molar-refractivity contribution in [3.63, 3.8) is 0 Å². The van der Waals surface area contributed by atoms with Crippen LogP contribution in [-0.4, -0.2) is 47.8 Å². The first kappa shape index (κ1) is 12.8. The third-order valence-electron chi connectivity index (χ3n) is 2.54. The van der Waals surface area contributed by atoms with E-state index < -0.39 is 16.1 Å². The van der Waals surface area contributed by atoms with Gasteiger partial charge in [-0.15, -0.1) is 0 Å². The Kier molecular flexibility index (Phi) is 4.05. The Labute approximate surface area is 95.3 Å². The molecule has 1 saturated heterocycles. The molecule has 0 aliphatic carbocycles. The second kappa shape index (κ2) is 4.73. The van der Waals surface area contributed by atoms with Crippen LogP contribution in [0.3, 0.4) is 0 Å². The minimum Gasteiger partial charge on any atom is -0.393 e. The third kappa shape index (κ3) is 3.37. The number of nitrogens with zero attached hydrogens (tertiary/aromatic N) is 1. The molecule has 2 atom stereocenters. The number of sulfonamides is 1. The van der Waals surface area contributed by atoms with Crippen LogP contribution in [0.4, 0.5) is 0 Å². The molecule has 1 aliphatic rings. The molecule has 0 spiro atoms. The average molecular weight is 252 g/mol. The molecule has 88 valence electrons. The van der Waals surface area contributed by atoms with Gasteiger partial charge in [0.2, 0.25) is 10.0 Å². The predicted octanol–water partition coefficient (Wildman–Crippen LogP) is -0.695. The molecule has 0 aromatic heterocycles. The zero-order valence-electron chi connectivity index (χ0n) is 8.59. The monoisotopic (exact) mass is 252 g/mol. The van der Waals surface area contributed by atoms with Crippen molar-refractivity contribution in [2.75, 3.05) is 18.8 Å². The number of hydrogen-bond acceptors (Lipinski definition) is 4. The second-order valence-corrected chi connectivity index (χ2v) is 6.41. The first-order valence-electron chi connectivity index (χ1n) is 4.77. The highest BCUT2D eigenvalue weighted by atomic mass is 32.2. The van der Waals surface area contributed by atoms with Gasteiger partial charge in [0.05, 0.1) is 11.1 Å². The number of thiocarbonyl (C=S) groups is 1. The van der Waals surface area contributed by atoms with Crippen molar-refractivity contribution in [3.8, 4) is 0 Å². The van der Waals surface area contributed by atoms with Crippen molar-refractivity contribution in [1.29, 1.82) is 0 Å². The molecule has 2 unspecified atom stereocenters. The summed E-state index contributed by atoms with van der Waals surface area (Å²) in [6.07, 6.45) is 0.0545. The van der Waals surface area contributed by atoms with Crippen LogP contribution in [0.5, 0.6) is 0 Å². The lowest BCUT2D eigenvalue weighted by Gasteiger charge is -2.33. The highest BCUT2D eigenvalue weighted by molar-refractivity contribution is 7.92. The number of aliphatic hydroxyl groups excluding tert-OH is 1. The van der Waals surface area contributed by atoms with Crippen molar-refractivity contribution in [1.82, 2.24) is 4.31 Å². The molecular formula is C8H16N2O3S2. The van der Waals surface area contributed by atoms with E-state index in [2.05, 4.69) is 12.2 Å². The second-order valence-electron chi connectivity index (χ2n) is 3.91. The summed E-state index contributed by atoms with van der Waals surface area (Å²) in [4.78, 5) is -0.0197. The van der Waals surface area contributed by atoms with E-state index >= 15 is 0 Å². The Morgan fingerprint density at radius 1 is 1.67 bits per heavy atom. The number of piperidine rings is 1. The van der Waals surface area contributed by atoms with E-state index in [-0.39, 0.29) is 16.7 Å². The summed E-state index contributed by atoms with van der Waals surface area (Å²) in [5.74, 6) is -0.328. The Morgan fingerprint density at radius 2 is 2.27 bits per heavy atom. The molecular weight excluding hydrogens is 236 g/mol. The van der Waals surface area contributed by atoms with Crippen LogP contribution in [0.1, 0.15) is 13.3 Å². The number of rotatable bonds is 3. The standard InChI is InChI=1S/C8H16N2O3S2/c1-6-4-10(3-2-7(6)11)15(12,13)5-8(9)14/h6-7,11H,2-5H2,1H3,(H2,9,14). The van der Waals surface area contributed by atoms with E-state index in [1.54, 1.807) is 0 Å². The smallest absolute Gasteiger partial charge is 0.220 e. The summed E-state index contributed by atoms with van der Waals surface area (Å²) in [7, 11) is -3.38. The van der Waals surface area contributed by atoms with Gasteiger partial charge in [-0.05, 0) is 12.3 Å². The third-order valence-corrected chi connectivity index (χ3v) is 4.66. The van der Waals surface area contributed by atoms with Gasteiger partial charge in [0, 0.05) is 13.1 Å². The average Bonchev–Trinajstić information content (AvgIpc) is 2.07. The quantitative estimate of drug-likeness (QED) is 0.649. The van der Waals surface area contributed by atoms with Crippen LogP contribution >= 0.6 is 12.2 Å². The van der Waals surface area contributed by atoms with Gasteiger partial charge in [0.15, 0.2) is 0 Å². The predicted molar refractivity (Wildman–Crippen MR) is 61.9 cm³/mol. The summed E-state index contributed by atoms with van der Waals surface area (Å²) >= 11 is 4.59. The number of hydrogen-bond donors (Lipinski definition) is 2. The molecule has 0 amide bonds. The molecule has 1 aliphatic heterocycles. The topological polar surface area (TPSA) is 83.6 Å². The van der Waals surface area contributed by atoms with Gasteiger partial charge >= 0.3 is 0 Å². The van der Waals surface area contributed by atoms with Crippen LogP contribution in [0, 0.1) is 5.92 Å². The van der Waals surface area contributed by atoms with Gasteiger partial charge in [-0.1, -0.05) is 19.1 Å². The van der Waals surface area contributed by atoms with Crippen LogP contribution in [0.2, 0.25) is 0 Å². The SMILES string of the molecule is CC1CN(S(=O)(=O)CC(N)=S)CCC1O. The Morgan fingerprint density at radius 3 is 2.73 bits per heavy atom. The molecule has 0 bridgehead atoms. The first-order valence-corrected chi connectivity index (χ1v) is 6.79. The number of aliphatic hydroxyl groups is 1. The summed E-state index contributed by atoms with van der Waals surface area (Å²) in [6, 6.07) is 0. The first-order chi connectivity index (χ1) is 6.83. The summed E-state index contributed by atoms with van der Waals surface area (Å²) in [5.41, 5.74) is 5.22. The fraction of sp³-hybridized carbons (Fsp3) is 0.875. The molecule has 7 heteroatoms. The van der Waals surface area contributed by atoms with Crippen LogP contribution in [0.15, 0.2) is 0 Å². The Balaban J connectivity index is 2.69.